The number of benzene rings is 1. The molecule has 0 bridgehead atoms. The molecule has 0 saturated carbocycles. The molecule has 1 amide bonds. The van der Waals surface area contributed by atoms with Crippen molar-refractivity contribution in [2.45, 2.75) is 19.3 Å². The Hall–Kier alpha value is -3.20. The average Bonchev–Trinajstić information content (AvgIpc) is 3.45. The molecule has 1 aliphatic heterocycles. The number of hydrogen-bond acceptors (Lipinski definition) is 6. The van der Waals surface area contributed by atoms with Crippen molar-refractivity contribution in [3.05, 3.63) is 58.0 Å². The predicted octanol–water partition coefficient (Wildman–Crippen LogP) is 2.31. The molecule has 1 saturated heterocycles. The lowest BCUT2D eigenvalue weighted by molar-refractivity contribution is -0.131. The highest BCUT2D eigenvalue weighted by Crippen LogP contribution is 2.20. The molecule has 1 aromatic carbocycles. The van der Waals surface area contributed by atoms with Gasteiger partial charge in [-0.2, -0.15) is 0 Å². The Bertz CT molecular complexity index is 1280. The molecular formula is C22H24N6O2S. The number of rotatable bonds is 5. The topological polar surface area (TPSA) is 75.7 Å². The van der Waals surface area contributed by atoms with E-state index in [1.165, 1.54) is 21.6 Å². The van der Waals surface area contributed by atoms with Crippen molar-refractivity contribution in [3.63, 3.8) is 0 Å². The molecule has 0 atom stereocenters. The third-order valence-corrected chi connectivity index (χ3v) is 6.83. The Morgan fingerprint density at radius 1 is 1.06 bits per heavy atom. The van der Waals surface area contributed by atoms with E-state index in [2.05, 4.69) is 27.2 Å². The Morgan fingerprint density at radius 2 is 1.84 bits per heavy atom. The van der Waals surface area contributed by atoms with Crippen LogP contribution in [0.3, 0.4) is 0 Å². The Labute approximate surface area is 183 Å². The highest BCUT2D eigenvalue weighted by Gasteiger charge is 2.21. The minimum absolute atomic E-state index is 0.0544. The second-order valence-corrected chi connectivity index (χ2v) is 8.72. The van der Waals surface area contributed by atoms with Gasteiger partial charge < -0.3 is 9.80 Å². The van der Waals surface area contributed by atoms with Gasteiger partial charge >= 0.3 is 0 Å². The first-order valence-corrected chi connectivity index (χ1v) is 11.4. The minimum atomic E-state index is -0.0544. The molecule has 4 aromatic rings. The molecule has 9 heteroatoms. The molecule has 0 spiro atoms. The van der Waals surface area contributed by atoms with Gasteiger partial charge in [0.1, 0.15) is 10.5 Å². The van der Waals surface area contributed by atoms with E-state index in [0.717, 1.165) is 37.5 Å². The smallest absolute Gasteiger partial charge is 0.272 e. The maximum Gasteiger partial charge on any atom is 0.272 e. The molecule has 160 valence electrons. The van der Waals surface area contributed by atoms with Crippen LogP contribution in [0.4, 0.5) is 5.69 Å². The van der Waals surface area contributed by atoms with Crippen LogP contribution < -0.4 is 10.5 Å². The van der Waals surface area contributed by atoms with Gasteiger partial charge in [-0.3, -0.25) is 18.6 Å². The lowest BCUT2D eigenvalue weighted by atomic mass is 10.2. The Balaban J connectivity index is 1.22. The van der Waals surface area contributed by atoms with Crippen molar-refractivity contribution in [1.29, 1.82) is 0 Å². The number of piperazine rings is 1. The number of para-hydroxylation sites is 1. The van der Waals surface area contributed by atoms with Crippen molar-refractivity contribution in [1.82, 2.24) is 24.1 Å². The SMILES string of the molecule is Cn1c(=O)c2sccc2n2c(CCCC(=O)N3CCN(c4ccccc4)CC3)nnc12. The summed E-state index contributed by atoms with van der Waals surface area (Å²) < 4.78 is 4.17. The van der Waals surface area contributed by atoms with Crippen LogP contribution in [0.1, 0.15) is 18.7 Å². The summed E-state index contributed by atoms with van der Waals surface area (Å²) in [6.07, 6.45) is 1.83. The summed E-state index contributed by atoms with van der Waals surface area (Å²) in [5.41, 5.74) is 2.00. The highest BCUT2D eigenvalue weighted by atomic mass is 32.1. The first-order chi connectivity index (χ1) is 15.1. The molecule has 8 nitrogen and oxygen atoms in total. The van der Waals surface area contributed by atoms with Crippen LogP contribution in [0.15, 0.2) is 46.6 Å². The molecule has 4 heterocycles. The minimum Gasteiger partial charge on any atom is -0.368 e. The lowest BCUT2D eigenvalue weighted by Gasteiger charge is -2.36. The van der Waals surface area contributed by atoms with Crippen LogP contribution >= 0.6 is 11.3 Å². The van der Waals surface area contributed by atoms with Crippen molar-refractivity contribution in [2.24, 2.45) is 7.05 Å². The third kappa shape index (κ3) is 3.59. The van der Waals surface area contributed by atoms with Crippen molar-refractivity contribution in [3.8, 4) is 0 Å². The molecule has 0 N–H and O–H groups in total. The molecule has 0 aliphatic carbocycles. The highest BCUT2D eigenvalue weighted by molar-refractivity contribution is 7.17. The molecule has 5 rings (SSSR count). The van der Waals surface area contributed by atoms with E-state index >= 15 is 0 Å². The van der Waals surface area contributed by atoms with Gasteiger partial charge in [-0.1, -0.05) is 18.2 Å². The van der Waals surface area contributed by atoms with Gasteiger partial charge in [-0.15, -0.1) is 21.5 Å². The van der Waals surface area contributed by atoms with E-state index in [1.54, 1.807) is 7.05 Å². The molecule has 0 unspecified atom stereocenters. The van der Waals surface area contributed by atoms with Crippen molar-refractivity contribution < 1.29 is 4.79 Å². The fraction of sp³-hybridized carbons (Fsp3) is 0.364. The number of aromatic nitrogens is 4. The third-order valence-electron chi connectivity index (χ3n) is 5.94. The average molecular weight is 437 g/mol. The zero-order valence-corrected chi connectivity index (χ0v) is 18.2. The first-order valence-electron chi connectivity index (χ1n) is 10.5. The van der Waals surface area contributed by atoms with E-state index in [0.29, 0.717) is 29.7 Å². The maximum atomic E-state index is 12.7. The maximum absolute atomic E-state index is 12.7. The zero-order chi connectivity index (χ0) is 21.4. The zero-order valence-electron chi connectivity index (χ0n) is 17.4. The lowest BCUT2D eigenvalue weighted by Crippen LogP contribution is -2.48. The Morgan fingerprint density at radius 3 is 2.61 bits per heavy atom. The largest absolute Gasteiger partial charge is 0.368 e. The van der Waals surface area contributed by atoms with Crippen LogP contribution in [-0.2, 0) is 18.3 Å². The number of fused-ring (bicyclic) bond motifs is 3. The van der Waals surface area contributed by atoms with Crippen LogP contribution in [0, 0.1) is 0 Å². The number of nitrogens with zero attached hydrogens (tertiary/aromatic N) is 6. The van der Waals surface area contributed by atoms with Crippen molar-refractivity contribution >= 4 is 38.9 Å². The number of anilines is 1. The van der Waals surface area contributed by atoms with Crippen LogP contribution in [0.25, 0.3) is 16.0 Å². The van der Waals surface area contributed by atoms with Crippen molar-refractivity contribution in [2.75, 3.05) is 31.1 Å². The van der Waals surface area contributed by atoms with Gasteiger partial charge in [-0.05, 0) is 30.0 Å². The molecule has 1 fully saturated rings. The summed E-state index contributed by atoms with van der Waals surface area (Å²) >= 11 is 1.43. The number of carbonyl (C=O) groups excluding carboxylic acids is 1. The van der Waals surface area contributed by atoms with Gasteiger partial charge in [0.15, 0.2) is 0 Å². The molecule has 3 aromatic heterocycles. The summed E-state index contributed by atoms with van der Waals surface area (Å²) in [6, 6.07) is 12.3. The van der Waals surface area contributed by atoms with E-state index in [1.807, 2.05) is 38.9 Å². The number of hydrogen-bond donors (Lipinski definition) is 0. The quantitative estimate of drug-likeness (QED) is 0.480. The summed E-state index contributed by atoms with van der Waals surface area (Å²) in [5.74, 6) is 1.51. The number of amides is 1. The van der Waals surface area contributed by atoms with E-state index < -0.39 is 0 Å². The van der Waals surface area contributed by atoms with Gasteiger partial charge in [0.05, 0.1) is 5.52 Å². The number of thiophene rings is 1. The summed E-state index contributed by atoms with van der Waals surface area (Å²) in [5, 5.41) is 10.4. The summed E-state index contributed by atoms with van der Waals surface area (Å²) in [6.45, 7) is 3.21. The Kier molecular flexibility index (Phi) is 5.19. The normalized spacial score (nSPS) is 14.6. The van der Waals surface area contributed by atoms with Gasteiger partial charge in [-0.25, -0.2) is 0 Å². The molecule has 31 heavy (non-hydrogen) atoms. The van der Waals surface area contributed by atoms with E-state index in [-0.39, 0.29) is 11.5 Å². The molecule has 1 aliphatic rings. The predicted molar refractivity (Wildman–Crippen MR) is 122 cm³/mol. The van der Waals surface area contributed by atoms with Crippen LogP contribution in [-0.4, -0.2) is 56.2 Å². The first kappa shape index (κ1) is 19.7. The molecular weight excluding hydrogens is 412 g/mol. The summed E-state index contributed by atoms with van der Waals surface area (Å²) in [4.78, 5) is 29.4. The fourth-order valence-corrected chi connectivity index (χ4v) is 5.07. The van der Waals surface area contributed by atoms with E-state index in [9.17, 15) is 9.59 Å². The van der Waals surface area contributed by atoms with Gasteiger partial charge in [0.2, 0.25) is 11.7 Å². The summed E-state index contributed by atoms with van der Waals surface area (Å²) in [7, 11) is 1.72. The van der Waals surface area contributed by atoms with Crippen LogP contribution in [0.5, 0.6) is 0 Å². The number of aryl methyl sites for hydroxylation is 2. The van der Waals surface area contributed by atoms with Gasteiger partial charge in [0.25, 0.3) is 5.56 Å². The standard InChI is InChI=1S/C22H24N6O2S/c1-25-21(30)20-17(10-15-31-20)28-18(23-24-22(25)28)8-5-9-19(29)27-13-11-26(12-14-27)16-6-3-2-4-7-16/h2-4,6-7,10,15H,5,8-9,11-14H2,1H3. The second kappa shape index (κ2) is 8.14. The monoisotopic (exact) mass is 436 g/mol. The number of carbonyl (C=O) groups is 1. The fourth-order valence-electron chi connectivity index (χ4n) is 4.22. The van der Waals surface area contributed by atoms with E-state index in [4.69, 9.17) is 0 Å². The molecule has 0 radical (unpaired) electrons. The van der Waals surface area contributed by atoms with Gasteiger partial charge in [0, 0.05) is 51.8 Å². The second-order valence-electron chi connectivity index (χ2n) is 7.81. The van der Waals surface area contributed by atoms with Crippen LogP contribution in [0.2, 0.25) is 0 Å².